The van der Waals surface area contributed by atoms with Gasteiger partial charge in [-0.15, -0.1) is 22.8 Å². The van der Waals surface area contributed by atoms with Gasteiger partial charge in [-0.25, -0.2) is 4.48 Å². The lowest BCUT2D eigenvalue weighted by molar-refractivity contribution is -0.793. The van der Waals surface area contributed by atoms with E-state index in [0.29, 0.717) is 0 Å². The average molecular weight is 594 g/mol. The highest BCUT2D eigenvalue weighted by Gasteiger charge is 2.37. The van der Waals surface area contributed by atoms with Gasteiger partial charge < -0.3 is 0 Å². The molecule has 45 heavy (non-hydrogen) atoms. The SMILES string of the molecule is C[n+]1ccc[n+]2c1-c1cc(-c3ccccc3)nn1C2.C[n+]1ccc[n+]2c1-c1ccnn1C2.[B][n+]1ccc[n+]2c1-c1ccnn1C2. The minimum absolute atomic E-state index is 0.746. The van der Waals surface area contributed by atoms with Crippen molar-refractivity contribution in [2.24, 2.45) is 14.1 Å². The first-order chi connectivity index (χ1) is 22.0. The Bertz CT molecular complexity index is 2110. The molecule has 0 bridgehead atoms. The van der Waals surface area contributed by atoms with Crippen molar-refractivity contribution in [1.29, 1.82) is 0 Å². The molecule has 216 valence electrons. The number of benzene rings is 1. The topological polar surface area (TPSA) is 76.7 Å². The van der Waals surface area contributed by atoms with E-state index in [1.807, 2.05) is 76.5 Å². The van der Waals surface area contributed by atoms with Gasteiger partial charge in [0, 0.05) is 11.6 Å². The Morgan fingerprint density at radius 3 is 1.76 bits per heavy atom. The Morgan fingerprint density at radius 1 is 0.578 bits per heavy atom. The fourth-order valence-electron chi connectivity index (χ4n) is 6.19. The Morgan fingerprint density at radius 2 is 1.11 bits per heavy atom. The van der Waals surface area contributed by atoms with Crippen molar-refractivity contribution < 1.29 is 27.3 Å². The maximum atomic E-state index is 5.80. The van der Waals surface area contributed by atoms with Gasteiger partial charge in [0.05, 0.1) is 36.3 Å². The second-order valence-corrected chi connectivity index (χ2v) is 11.1. The van der Waals surface area contributed by atoms with Crippen LogP contribution in [0.1, 0.15) is 0 Å². The summed E-state index contributed by atoms with van der Waals surface area (Å²) in [6.45, 7) is 2.36. The van der Waals surface area contributed by atoms with Crippen molar-refractivity contribution >= 4 is 7.98 Å². The lowest BCUT2D eigenvalue weighted by Gasteiger charge is -1.95. The fourth-order valence-corrected chi connectivity index (χ4v) is 6.19. The summed E-state index contributed by atoms with van der Waals surface area (Å²) in [6, 6.07) is 22.5. The van der Waals surface area contributed by atoms with E-state index in [2.05, 4.69) is 94.8 Å². The van der Waals surface area contributed by atoms with Crippen molar-refractivity contribution in [3.05, 3.63) is 116 Å². The van der Waals surface area contributed by atoms with E-state index < -0.39 is 0 Å². The normalized spacial score (nSPS) is 12.5. The molecule has 6 aromatic heterocycles. The molecule has 7 aromatic rings. The first kappa shape index (κ1) is 26.8. The molecule has 13 heteroatoms. The minimum Gasteiger partial charge on any atom is -0.226 e. The highest BCUT2D eigenvalue weighted by Crippen LogP contribution is 2.25. The number of rotatable bonds is 1. The lowest BCUT2D eigenvalue weighted by atomic mass is 10.1. The van der Waals surface area contributed by atoms with Crippen molar-refractivity contribution in [2.45, 2.75) is 20.0 Å². The zero-order valence-corrected chi connectivity index (χ0v) is 25.0. The largest absolute Gasteiger partial charge is 0.592 e. The molecular formula is C32H31BN12+6. The molecule has 2 radical (unpaired) electrons. The molecule has 0 unspecified atom stereocenters. The van der Waals surface area contributed by atoms with Crippen molar-refractivity contribution in [1.82, 2.24) is 29.3 Å². The molecule has 0 fully saturated rings. The molecule has 10 rings (SSSR count). The third-order valence-electron chi connectivity index (χ3n) is 8.22. The van der Waals surface area contributed by atoms with Crippen LogP contribution in [0.25, 0.3) is 45.8 Å². The van der Waals surface area contributed by atoms with E-state index in [1.54, 1.807) is 10.7 Å². The molecule has 0 atom stereocenters. The Balaban J connectivity index is 0.000000103. The number of aryl methyl sites for hydroxylation is 2. The summed E-state index contributed by atoms with van der Waals surface area (Å²) in [5.74, 6) is 3.39. The Labute approximate surface area is 260 Å². The maximum absolute atomic E-state index is 5.80. The summed E-state index contributed by atoms with van der Waals surface area (Å²) in [6.07, 6.45) is 15.7. The van der Waals surface area contributed by atoms with Gasteiger partial charge in [-0.1, -0.05) is 30.3 Å². The highest BCUT2D eigenvalue weighted by atomic mass is 15.4. The molecule has 3 aliphatic rings. The zero-order chi connectivity index (χ0) is 30.5. The summed E-state index contributed by atoms with van der Waals surface area (Å²) >= 11 is 0. The number of hydrogen-bond donors (Lipinski definition) is 0. The van der Waals surface area contributed by atoms with Crippen LogP contribution in [0.2, 0.25) is 0 Å². The van der Waals surface area contributed by atoms with Crippen LogP contribution in [0, 0.1) is 0 Å². The monoisotopic (exact) mass is 594 g/mol. The van der Waals surface area contributed by atoms with Crippen LogP contribution in [0.3, 0.4) is 0 Å². The van der Waals surface area contributed by atoms with E-state index in [-0.39, 0.29) is 0 Å². The van der Waals surface area contributed by atoms with E-state index in [1.165, 1.54) is 23.0 Å². The highest BCUT2D eigenvalue weighted by molar-refractivity contribution is 5.95. The first-order valence-corrected chi connectivity index (χ1v) is 14.7. The van der Waals surface area contributed by atoms with Crippen LogP contribution in [0.5, 0.6) is 0 Å². The summed E-state index contributed by atoms with van der Waals surface area (Å²) in [5.41, 5.74) is 5.60. The van der Waals surface area contributed by atoms with Crippen molar-refractivity contribution in [2.75, 3.05) is 0 Å². The first-order valence-electron chi connectivity index (χ1n) is 14.7. The average Bonchev–Trinajstić information content (AvgIpc) is 3.87. The van der Waals surface area contributed by atoms with E-state index in [0.717, 1.165) is 42.8 Å². The quantitative estimate of drug-likeness (QED) is 0.190. The zero-order valence-electron chi connectivity index (χ0n) is 25.0. The van der Waals surface area contributed by atoms with Gasteiger partial charge in [-0.3, -0.25) is 0 Å². The third kappa shape index (κ3) is 4.60. The summed E-state index contributed by atoms with van der Waals surface area (Å²) in [4.78, 5) is 0. The number of nitrogens with zero attached hydrogens (tertiary/aromatic N) is 12. The molecule has 0 saturated heterocycles. The van der Waals surface area contributed by atoms with Crippen molar-refractivity contribution in [3.8, 4) is 45.8 Å². The fraction of sp³-hybridized carbons (Fsp3) is 0.156. The van der Waals surface area contributed by atoms with Crippen LogP contribution in [0.4, 0.5) is 0 Å². The third-order valence-corrected chi connectivity index (χ3v) is 8.22. The van der Waals surface area contributed by atoms with E-state index in [9.17, 15) is 0 Å². The van der Waals surface area contributed by atoms with Gasteiger partial charge in [-0.05, 0) is 12.1 Å². The lowest BCUT2D eigenvalue weighted by Crippen LogP contribution is -2.47. The smallest absolute Gasteiger partial charge is 0.226 e. The summed E-state index contributed by atoms with van der Waals surface area (Å²) in [5, 5.41) is 13.1. The van der Waals surface area contributed by atoms with Crippen molar-refractivity contribution in [3.63, 3.8) is 0 Å². The van der Waals surface area contributed by atoms with Crippen LogP contribution >= 0.6 is 0 Å². The van der Waals surface area contributed by atoms with Gasteiger partial charge in [0.1, 0.15) is 14.1 Å². The summed E-state index contributed by atoms with van der Waals surface area (Å²) in [7, 11) is 9.92. The predicted octanol–water partition coefficient (Wildman–Crippen LogP) is -0.494. The molecule has 3 aliphatic heterocycles. The predicted molar refractivity (Wildman–Crippen MR) is 159 cm³/mol. The van der Waals surface area contributed by atoms with Crippen LogP contribution < -0.4 is 27.3 Å². The Hall–Kier alpha value is -5.85. The molecule has 0 N–H and O–H groups in total. The molecule has 1 aromatic carbocycles. The number of hydrogen-bond acceptors (Lipinski definition) is 3. The second kappa shape index (κ2) is 10.7. The number of fused-ring (bicyclic) bond motifs is 9. The molecular weight excluding hydrogens is 563 g/mol. The van der Waals surface area contributed by atoms with Gasteiger partial charge in [0.2, 0.25) is 37.1 Å². The van der Waals surface area contributed by atoms with Gasteiger partial charge in [0.25, 0.3) is 0 Å². The molecule has 0 saturated carbocycles. The van der Waals surface area contributed by atoms with Crippen LogP contribution in [0.15, 0.2) is 116 Å². The van der Waals surface area contributed by atoms with Crippen LogP contribution in [-0.4, -0.2) is 37.3 Å². The van der Waals surface area contributed by atoms with Gasteiger partial charge in [0.15, 0.2) is 37.2 Å². The molecule has 0 amide bonds. The minimum atomic E-state index is 0.746. The Kier molecular flexibility index (Phi) is 6.36. The standard InChI is InChI=1S/C15H14N4.C9H10N4.C8H7BN4/c1-17-8-5-9-18-11-19-14(15(17)18)10-13(16-19)12-6-3-2-4-7-12;1-11-5-2-6-12-7-13-8(9(11)12)3-4-10-13;9-12-5-1-4-11-6-13-7(8(11)12)2-3-10-13/h2-10H,11H2,1H3;2-6H,7H2,1H3;1-5H,6H2/q3*+2. The maximum Gasteiger partial charge on any atom is 0.592 e. The second-order valence-electron chi connectivity index (χ2n) is 11.1. The van der Waals surface area contributed by atoms with E-state index in [4.69, 9.17) is 13.1 Å². The van der Waals surface area contributed by atoms with Gasteiger partial charge >= 0.3 is 25.5 Å². The summed E-state index contributed by atoms with van der Waals surface area (Å²) < 4.78 is 18.3. The molecule has 12 nitrogen and oxygen atoms in total. The molecule has 0 spiro atoms. The van der Waals surface area contributed by atoms with E-state index >= 15 is 0 Å². The van der Waals surface area contributed by atoms with Crippen LogP contribution in [-0.2, 0) is 34.1 Å². The molecule has 9 heterocycles. The number of aromatic nitrogens is 12. The molecule has 0 aliphatic carbocycles. The van der Waals surface area contributed by atoms with Gasteiger partial charge in [-0.2, -0.15) is 29.3 Å².